The SMILES string of the molecule is CC(C)c1nc2ccc(C(=O)N[C@@H]3CC[C@@H](N4CCOCC4)[C@@H]3O)cc2[nH]1. The van der Waals surface area contributed by atoms with Gasteiger partial charge in [0.2, 0.25) is 0 Å². The minimum atomic E-state index is -0.546. The number of hydrogen-bond acceptors (Lipinski definition) is 5. The molecule has 1 aromatic heterocycles. The number of aromatic amines is 1. The van der Waals surface area contributed by atoms with Crippen molar-refractivity contribution in [2.45, 2.75) is 50.8 Å². The van der Waals surface area contributed by atoms with Gasteiger partial charge in [-0.15, -0.1) is 0 Å². The molecule has 0 unspecified atom stereocenters. The molecule has 1 aliphatic carbocycles. The third-order valence-electron chi connectivity index (χ3n) is 5.72. The largest absolute Gasteiger partial charge is 0.389 e. The fourth-order valence-electron chi connectivity index (χ4n) is 4.12. The van der Waals surface area contributed by atoms with Crippen molar-refractivity contribution in [3.63, 3.8) is 0 Å². The molecule has 27 heavy (non-hydrogen) atoms. The van der Waals surface area contributed by atoms with Crippen molar-refractivity contribution >= 4 is 16.9 Å². The van der Waals surface area contributed by atoms with E-state index in [9.17, 15) is 9.90 Å². The molecule has 3 N–H and O–H groups in total. The van der Waals surface area contributed by atoms with Crippen LogP contribution in [0.4, 0.5) is 0 Å². The van der Waals surface area contributed by atoms with Crippen molar-refractivity contribution in [1.82, 2.24) is 20.2 Å². The molecule has 0 radical (unpaired) electrons. The van der Waals surface area contributed by atoms with Crippen molar-refractivity contribution in [3.8, 4) is 0 Å². The average Bonchev–Trinajstić information content (AvgIpc) is 3.26. The number of rotatable bonds is 4. The minimum Gasteiger partial charge on any atom is -0.389 e. The second-order valence-corrected chi connectivity index (χ2v) is 7.87. The van der Waals surface area contributed by atoms with Crippen molar-refractivity contribution < 1.29 is 14.6 Å². The number of ether oxygens (including phenoxy) is 1. The van der Waals surface area contributed by atoms with Gasteiger partial charge in [-0.2, -0.15) is 0 Å². The number of aliphatic hydroxyl groups is 1. The van der Waals surface area contributed by atoms with Gasteiger partial charge >= 0.3 is 0 Å². The Morgan fingerprint density at radius 1 is 1.33 bits per heavy atom. The summed E-state index contributed by atoms with van der Waals surface area (Å²) in [7, 11) is 0. The van der Waals surface area contributed by atoms with E-state index in [4.69, 9.17) is 4.74 Å². The summed E-state index contributed by atoms with van der Waals surface area (Å²) in [6.45, 7) is 7.27. The van der Waals surface area contributed by atoms with E-state index in [1.54, 1.807) is 6.07 Å². The monoisotopic (exact) mass is 372 g/mol. The van der Waals surface area contributed by atoms with Crippen LogP contribution in [0.5, 0.6) is 0 Å². The van der Waals surface area contributed by atoms with E-state index in [1.165, 1.54) is 0 Å². The van der Waals surface area contributed by atoms with Crippen LogP contribution in [0.3, 0.4) is 0 Å². The quantitative estimate of drug-likeness (QED) is 0.759. The van der Waals surface area contributed by atoms with Gasteiger partial charge in [-0.05, 0) is 31.0 Å². The Morgan fingerprint density at radius 3 is 2.85 bits per heavy atom. The van der Waals surface area contributed by atoms with Crippen molar-refractivity contribution in [3.05, 3.63) is 29.6 Å². The molecule has 2 heterocycles. The van der Waals surface area contributed by atoms with Gasteiger partial charge in [0.15, 0.2) is 0 Å². The Kier molecular flexibility index (Phi) is 5.16. The summed E-state index contributed by atoms with van der Waals surface area (Å²) in [4.78, 5) is 22.8. The molecular weight excluding hydrogens is 344 g/mol. The van der Waals surface area contributed by atoms with Gasteiger partial charge < -0.3 is 20.1 Å². The Balaban J connectivity index is 1.43. The third kappa shape index (κ3) is 3.72. The lowest BCUT2D eigenvalue weighted by atomic mass is 10.1. The zero-order chi connectivity index (χ0) is 19.0. The average molecular weight is 372 g/mol. The fourth-order valence-corrected chi connectivity index (χ4v) is 4.12. The highest BCUT2D eigenvalue weighted by molar-refractivity contribution is 5.97. The van der Waals surface area contributed by atoms with Crippen LogP contribution in [0.15, 0.2) is 18.2 Å². The van der Waals surface area contributed by atoms with Gasteiger partial charge in [0.05, 0.1) is 36.4 Å². The number of H-pyrrole nitrogens is 1. The Hall–Kier alpha value is -1.96. The van der Waals surface area contributed by atoms with Gasteiger partial charge in [0.25, 0.3) is 5.91 Å². The molecule has 1 saturated heterocycles. The van der Waals surface area contributed by atoms with Gasteiger partial charge in [-0.25, -0.2) is 4.98 Å². The topological polar surface area (TPSA) is 90.5 Å². The lowest BCUT2D eigenvalue weighted by Crippen LogP contribution is -2.51. The number of morpholine rings is 1. The summed E-state index contributed by atoms with van der Waals surface area (Å²) in [6.07, 6.45) is 1.14. The van der Waals surface area contributed by atoms with Gasteiger partial charge in [-0.1, -0.05) is 13.8 Å². The number of aromatic nitrogens is 2. The number of aliphatic hydroxyl groups excluding tert-OH is 1. The maximum Gasteiger partial charge on any atom is 0.251 e. The van der Waals surface area contributed by atoms with E-state index in [1.807, 2.05) is 12.1 Å². The van der Waals surface area contributed by atoms with Crippen molar-refractivity contribution in [2.24, 2.45) is 0 Å². The van der Waals surface area contributed by atoms with Crippen LogP contribution < -0.4 is 5.32 Å². The first-order valence-electron chi connectivity index (χ1n) is 9.83. The van der Waals surface area contributed by atoms with Crippen LogP contribution in [-0.4, -0.2) is 70.4 Å². The molecule has 3 atom stereocenters. The van der Waals surface area contributed by atoms with Gasteiger partial charge in [-0.3, -0.25) is 9.69 Å². The summed E-state index contributed by atoms with van der Waals surface area (Å²) in [5.74, 6) is 1.08. The van der Waals surface area contributed by atoms with E-state index in [0.717, 1.165) is 42.8 Å². The fraction of sp³-hybridized carbons (Fsp3) is 0.600. The molecule has 1 saturated carbocycles. The number of nitrogens with zero attached hydrogens (tertiary/aromatic N) is 2. The van der Waals surface area contributed by atoms with Crippen molar-refractivity contribution in [1.29, 1.82) is 0 Å². The van der Waals surface area contributed by atoms with Crippen LogP contribution in [0, 0.1) is 0 Å². The van der Waals surface area contributed by atoms with E-state index >= 15 is 0 Å². The normalized spacial score (nSPS) is 26.7. The number of carbonyl (C=O) groups excluding carboxylic acids is 1. The summed E-state index contributed by atoms with van der Waals surface area (Å²) in [6, 6.07) is 5.39. The number of benzene rings is 1. The molecule has 1 aliphatic heterocycles. The lowest BCUT2D eigenvalue weighted by molar-refractivity contribution is -0.0154. The van der Waals surface area contributed by atoms with E-state index < -0.39 is 6.10 Å². The standard InChI is InChI=1S/C20H28N4O3/c1-12(2)19-21-14-4-3-13(11-16(14)22-19)20(26)23-15-5-6-17(18(15)25)24-7-9-27-10-8-24/h3-4,11-12,15,17-18,25H,5-10H2,1-2H3,(H,21,22)(H,23,26)/t15-,17-,18-/m1/s1. The molecule has 1 amide bonds. The molecule has 1 aromatic carbocycles. The second-order valence-electron chi connectivity index (χ2n) is 7.87. The highest BCUT2D eigenvalue weighted by Crippen LogP contribution is 2.26. The molecule has 146 valence electrons. The molecule has 0 spiro atoms. The number of fused-ring (bicyclic) bond motifs is 1. The predicted octanol–water partition coefficient (Wildman–Crippen LogP) is 1.64. The van der Waals surface area contributed by atoms with Gasteiger partial charge in [0, 0.05) is 30.6 Å². The molecular formula is C20H28N4O3. The van der Waals surface area contributed by atoms with E-state index in [2.05, 4.69) is 34.0 Å². The highest BCUT2D eigenvalue weighted by Gasteiger charge is 2.39. The Morgan fingerprint density at radius 2 is 2.11 bits per heavy atom. The predicted molar refractivity (Wildman–Crippen MR) is 103 cm³/mol. The number of hydrogen-bond donors (Lipinski definition) is 3. The first-order chi connectivity index (χ1) is 13.0. The lowest BCUT2D eigenvalue weighted by Gasteiger charge is -2.34. The van der Waals surface area contributed by atoms with Crippen molar-refractivity contribution in [2.75, 3.05) is 26.3 Å². The van der Waals surface area contributed by atoms with Crippen LogP contribution in [0.1, 0.15) is 48.8 Å². The second kappa shape index (κ2) is 7.58. The zero-order valence-corrected chi connectivity index (χ0v) is 15.9. The number of imidazole rings is 1. The number of nitrogens with one attached hydrogen (secondary N) is 2. The molecule has 4 rings (SSSR count). The van der Waals surface area contributed by atoms with E-state index in [-0.39, 0.29) is 18.0 Å². The molecule has 7 nitrogen and oxygen atoms in total. The number of carbonyl (C=O) groups is 1. The molecule has 0 bridgehead atoms. The Labute approximate surface area is 159 Å². The minimum absolute atomic E-state index is 0.0999. The third-order valence-corrected chi connectivity index (χ3v) is 5.72. The van der Waals surface area contributed by atoms with Crippen LogP contribution >= 0.6 is 0 Å². The Bertz CT molecular complexity index is 813. The molecule has 7 heteroatoms. The highest BCUT2D eigenvalue weighted by atomic mass is 16.5. The zero-order valence-electron chi connectivity index (χ0n) is 15.9. The van der Waals surface area contributed by atoms with Crippen LogP contribution in [0.2, 0.25) is 0 Å². The number of amides is 1. The summed E-state index contributed by atoms with van der Waals surface area (Å²) < 4.78 is 5.39. The van der Waals surface area contributed by atoms with E-state index in [0.29, 0.717) is 24.7 Å². The van der Waals surface area contributed by atoms with Crippen LogP contribution in [-0.2, 0) is 4.74 Å². The maximum atomic E-state index is 12.7. The summed E-state index contributed by atoms with van der Waals surface area (Å²) in [5.41, 5.74) is 2.32. The van der Waals surface area contributed by atoms with Crippen LogP contribution in [0.25, 0.3) is 11.0 Å². The first kappa shape index (κ1) is 18.4. The maximum absolute atomic E-state index is 12.7. The summed E-state index contributed by atoms with van der Waals surface area (Å²) >= 11 is 0. The summed E-state index contributed by atoms with van der Waals surface area (Å²) in [5, 5.41) is 13.7. The smallest absolute Gasteiger partial charge is 0.251 e. The van der Waals surface area contributed by atoms with Gasteiger partial charge in [0.1, 0.15) is 5.82 Å². The molecule has 2 fully saturated rings. The molecule has 2 aliphatic rings. The first-order valence-corrected chi connectivity index (χ1v) is 9.83. The molecule has 2 aromatic rings.